The van der Waals surface area contributed by atoms with Gasteiger partial charge in [0.25, 0.3) is 5.91 Å². The Kier molecular flexibility index (Phi) is 7.02. The highest BCUT2D eigenvalue weighted by Gasteiger charge is 2.09. The molecule has 0 radical (unpaired) electrons. The smallest absolute Gasteiger partial charge is 0.345 e. The van der Waals surface area contributed by atoms with Crippen molar-refractivity contribution in [2.45, 2.75) is 19.9 Å². The number of aromatic amines is 1. The lowest BCUT2D eigenvalue weighted by molar-refractivity contribution is -0.123. The zero-order chi connectivity index (χ0) is 23.9. The fourth-order valence-corrected chi connectivity index (χ4v) is 3.44. The van der Waals surface area contributed by atoms with Gasteiger partial charge in [0, 0.05) is 31.0 Å². The number of amides is 1. The van der Waals surface area contributed by atoms with Crippen LogP contribution in [0, 0.1) is 6.92 Å². The molecule has 0 aliphatic heterocycles. The van der Waals surface area contributed by atoms with Crippen LogP contribution in [0.15, 0.2) is 72.0 Å². The summed E-state index contributed by atoms with van der Waals surface area (Å²) < 4.78 is 7.59. The normalized spacial score (nSPS) is 10.7. The highest BCUT2D eigenvalue weighted by Crippen LogP contribution is 2.27. The number of ether oxygens (including phenoxy) is 1. The van der Waals surface area contributed by atoms with Crippen LogP contribution in [-0.2, 0) is 11.3 Å². The van der Waals surface area contributed by atoms with Gasteiger partial charge in [0.1, 0.15) is 11.5 Å². The second-order valence-electron chi connectivity index (χ2n) is 7.81. The van der Waals surface area contributed by atoms with E-state index in [1.165, 1.54) is 0 Å². The predicted octanol–water partition coefficient (Wildman–Crippen LogP) is 2.90. The molecule has 0 aliphatic rings. The van der Waals surface area contributed by atoms with Crippen LogP contribution in [0.25, 0.3) is 22.5 Å². The third-order valence-electron chi connectivity index (χ3n) is 5.23. The van der Waals surface area contributed by atoms with Crippen molar-refractivity contribution in [1.29, 1.82) is 0 Å². The van der Waals surface area contributed by atoms with Gasteiger partial charge in [-0.2, -0.15) is 4.98 Å². The molecular weight excluding hydrogens is 434 g/mol. The van der Waals surface area contributed by atoms with E-state index in [2.05, 4.69) is 20.3 Å². The number of phenols is 1. The molecule has 4 aromatic rings. The van der Waals surface area contributed by atoms with Crippen molar-refractivity contribution in [2.24, 2.45) is 0 Å². The monoisotopic (exact) mass is 459 g/mol. The second-order valence-corrected chi connectivity index (χ2v) is 7.81. The van der Waals surface area contributed by atoms with Crippen molar-refractivity contribution in [3.63, 3.8) is 0 Å². The van der Waals surface area contributed by atoms with Gasteiger partial charge in [-0.3, -0.25) is 4.79 Å². The van der Waals surface area contributed by atoms with Crippen LogP contribution in [0.5, 0.6) is 11.5 Å². The number of benzene rings is 2. The molecule has 0 spiro atoms. The van der Waals surface area contributed by atoms with Crippen LogP contribution >= 0.6 is 0 Å². The van der Waals surface area contributed by atoms with Gasteiger partial charge in [0.2, 0.25) is 0 Å². The summed E-state index contributed by atoms with van der Waals surface area (Å²) in [6.45, 7) is 2.99. The number of nitrogens with one attached hydrogen (secondary N) is 2. The van der Waals surface area contributed by atoms with E-state index >= 15 is 0 Å². The summed E-state index contributed by atoms with van der Waals surface area (Å²) in [4.78, 5) is 35.1. The summed E-state index contributed by atoms with van der Waals surface area (Å²) >= 11 is 0. The molecule has 2 heterocycles. The summed E-state index contributed by atoms with van der Waals surface area (Å²) in [6.07, 6.45) is 6.12. The van der Waals surface area contributed by atoms with Gasteiger partial charge in [-0.05, 0) is 60.9 Å². The van der Waals surface area contributed by atoms with Crippen LogP contribution in [0.4, 0.5) is 0 Å². The Morgan fingerprint density at radius 2 is 2.06 bits per heavy atom. The molecule has 34 heavy (non-hydrogen) atoms. The second kappa shape index (κ2) is 10.5. The number of aromatic nitrogens is 4. The van der Waals surface area contributed by atoms with Crippen LogP contribution in [0.2, 0.25) is 0 Å². The maximum Gasteiger partial charge on any atom is 0.345 e. The Balaban J connectivity index is 1.39. The standard InChI is InChI=1S/C25H25N5O4/c1-17-12-19(6-7-23(17)31)22-14-21(28-25(33)29-22)18-4-2-5-20(13-18)34-15-24(32)27-8-3-10-30-11-9-26-16-30/h2,4-7,9,11-14,16,31H,3,8,10,15H2,1H3,(H,27,32)(H,28,29,33). The largest absolute Gasteiger partial charge is 0.508 e. The number of phenolic OH excluding ortho intramolecular Hbond substituents is 1. The summed E-state index contributed by atoms with van der Waals surface area (Å²) in [5, 5.41) is 12.6. The van der Waals surface area contributed by atoms with E-state index in [-0.39, 0.29) is 18.3 Å². The van der Waals surface area contributed by atoms with Crippen molar-refractivity contribution in [2.75, 3.05) is 13.2 Å². The van der Waals surface area contributed by atoms with Gasteiger partial charge in [0.15, 0.2) is 6.61 Å². The van der Waals surface area contributed by atoms with Crippen molar-refractivity contribution in [3.05, 3.63) is 83.3 Å². The number of nitrogens with zero attached hydrogens (tertiary/aromatic N) is 3. The SMILES string of the molecule is Cc1cc(-c2cc(-c3cccc(OCC(=O)NCCCn4ccnc4)c3)nc(=O)[nH]2)ccc1O. The number of aromatic hydroxyl groups is 1. The molecule has 0 saturated carbocycles. The van der Waals surface area contributed by atoms with E-state index < -0.39 is 5.69 Å². The number of carbonyl (C=O) groups excluding carboxylic acids is 1. The van der Waals surface area contributed by atoms with E-state index in [1.54, 1.807) is 61.9 Å². The lowest BCUT2D eigenvalue weighted by atomic mass is 10.1. The van der Waals surface area contributed by atoms with E-state index in [9.17, 15) is 14.7 Å². The minimum absolute atomic E-state index is 0.116. The van der Waals surface area contributed by atoms with E-state index in [0.29, 0.717) is 34.8 Å². The maximum absolute atomic E-state index is 12.2. The fourth-order valence-electron chi connectivity index (χ4n) is 3.44. The zero-order valence-corrected chi connectivity index (χ0v) is 18.7. The molecule has 1 amide bonds. The van der Waals surface area contributed by atoms with Gasteiger partial charge >= 0.3 is 5.69 Å². The molecule has 0 aliphatic carbocycles. The first-order chi connectivity index (χ1) is 16.5. The first kappa shape index (κ1) is 22.8. The molecule has 2 aromatic carbocycles. The lowest BCUT2D eigenvalue weighted by Crippen LogP contribution is -2.30. The topological polar surface area (TPSA) is 122 Å². The Morgan fingerprint density at radius 1 is 1.18 bits per heavy atom. The van der Waals surface area contributed by atoms with Crippen molar-refractivity contribution >= 4 is 5.91 Å². The molecule has 0 unspecified atom stereocenters. The Morgan fingerprint density at radius 3 is 2.85 bits per heavy atom. The highest BCUT2D eigenvalue weighted by molar-refractivity contribution is 5.77. The van der Waals surface area contributed by atoms with Gasteiger partial charge < -0.3 is 24.7 Å². The molecule has 0 bridgehead atoms. The van der Waals surface area contributed by atoms with Gasteiger partial charge in [0.05, 0.1) is 17.7 Å². The summed E-state index contributed by atoms with van der Waals surface area (Å²) in [5.74, 6) is 0.470. The number of aryl methyl sites for hydroxylation is 2. The fraction of sp³-hybridized carbons (Fsp3) is 0.200. The predicted molar refractivity (Wildman–Crippen MR) is 127 cm³/mol. The number of H-pyrrole nitrogens is 1. The van der Waals surface area contributed by atoms with Crippen LogP contribution in [-0.4, -0.2) is 43.7 Å². The Hall–Kier alpha value is -4.40. The number of hydrogen-bond donors (Lipinski definition) is 3. The van der Waals surface area contributed by atoms with Gasteiger partial charge in [-0.25, -0.2) is 9.78 Å². The molecule has 0 fully saturated rings. The van der Waals surface area contributed by atoms with Crippen molar-refractivity contribution < 1.29 is 14.6 Å². The average molecular weight is 460 g/mol. The number of carbonyl (C=O) groups is 1. The highest BCUT2D eigenvalue weighted by atomic mass is 16.5. The minimum Gasteiger partial charge on any atom is -0.508 e. The maximum atomic E-state index is 12.2. The molecular formula is C25H25N5O4. The molecule has 9 heteroatoms. The third-order valence-corrected chi connectivity index (χ3v) is 5.23. The average Bonchev–Trinajstić information content (AvgIpc) is 3.36. The molecule has 2 aromatic heterocycles. The van der Waals surface area contributed by atoms with E-state index in [4.69, 9.17) is 4.74 Å². The van der Waals surface area contributed by atoms with Crippen LogP contribution < -0.4 is 15.7 Å². The molecule has 0 saturated heterocycles. The van der Waals surface area contributed by atoms with E-state index in [1.807, 2.05) is 16.8 Å². The number of imidazole rings is 1. The molecule has 4 rings (SSSR count). The molecule has 174 valence electrons. The van der Waals surface area contributed by atoms with Gasteiger partial charge in [-0.1, -0.05) is 12.1 Å². The minimum atomic E-state index is -0.486. The number of rotatable bonds is 9. The van der Waals surface area contributed by atoms with E-state index in [0.717, 1.165) is 18.5 Å². The summed E-state index contributed by atoms with van der Waals surface area (Å²) in [7, 11) is 0. The van der Waals surface area contributed by atoms with Crippen LogP contribution in [0.1, 0.15) is 12.0 Å². The molecule has 0 atom stereocenters. The van der Waals surface area contributed by atoms with Crippen molar-refractivity contribution in [3.8, 4) is 34.0 Å². The number of hydrogen-bond acceptors (Lipinski definition) is 6. The third kappa shape index (κ3) is 5.89. The first-order valence-corrected chi connectivity index (χ1v) is 10.8. The van der Waals surface area contributed by atoms with Gasteiger partial charge in [-0.15, -0.1) is 0 Å². The Bertz CT molecular complexity index is 1330. The lowest BCUT2D eigenvalue weighted by Gasteiger charge is -2.10. The quantitative estimate of drug-likeness (QED) is 0.331. The van der Waals surface area contributed by atoms with Crippen LogP contribution in [0.3, 0.4) is 0 Å². The Labute approximate surface area is 196 Å². The first-order valence-electron chi connectivity index (χ1n) is 10.8. The zero-order valence-electron chi connectivity index (χ0n) is 18.7. The summed E-state index contributed by atoms with van der Waals surface area (Å²) in [6, 6.07) is 13.9. The molecule has 3 N–H and O–H groups in total. The molecule has 9 nitrogen and oxygen atoms in total. The summed E-state index contributed by atoms with van der Waals surface area (Å²) in [5.41, 5.74) is 2.71. The van der Waals surface area contributed by atoms with Crippen molar-refractivity contribution in [1.82, 2.24) is 24.8 Å².